The second kappa shape index (κ2) is 9.03. The molecule has 0 aliphatic carbocycles. The SMILES string of the molecule is COc1ccc(C[C@]2(CCC(=O)NCc3ccccc3F)CCC(=O)N2)c(F)c1. The topological polar surface area (TPSA) is 67.4 Å². The van der Waals surface area contributed by atoms with Gasteiger partial charge in [-0.2, -0.15) is 0 Å². The van der Waals surface area contributed by atoms with Crippen molar-refractivity contribution in [2.45, 2.75) is 44.2 Å². The van der Waals surface area contributed by atoms with Gasteiger partial charge in [-0.15, -0.1) is 0 Å². The average Bonchev–Trinajstić information content (AvgIpc) is 3.08. The van der Waals surface area contributed by atoms with Gasteiger partial charge in [-0.1, -0.05) is 24.3 Å². The molecule has 3 rings (SSSR count). The van der Waals surface area contributed by atoms with Gasteiger partial charge in [-0.25, -0.2) is 8.78 Å². The Morgan fingerprint density at radius 1 is 1.17 bits per heavy atom. The van der Waals surface area contributed by atoms with E-state index in [1.165, 1.54) is 19.2 Å². The smallest absolute Gasteiger partial charge is 0.220 e. The first-order valence-corrected chi connectivity index (χ1v) is 9.54. The highest BCUT2D eigenvalue weighted by Crippen LogP contribution is 2.31. The third-order valence-corrected chi connectivity index (χ3v) is 5.29. The van der Waals surface area contributed by atoms with Crippen LogP contribution in [-0.2, 0) is 22.6 Å². The highest BCUT2D eigenvalue weighted by molar-refractivity contribution is 5.80. The van der Waals surface area contributed by atoms with E-state index in [4.69, 9.17) is 4.74 Å². The van der Waals surface area contributed by atoms with Gasteiger partial charge in [0.15, 0.2) is 0 Å². The molecule has 0 spiro atoms. The maximum Gasteiger partial charge on any atom is 0.220 e. The molecule has 1 atom stereocenters. The standard InChI is InChI=1S/C22H24F2N2O3/c1-29-17-7-6-15(19(24)12-17)13-22(11-9-21(28)26-22)10-8-20(27)25-14-16-4-2-3-5-18(16)23/h2-7,12H,8-11,13-14H2,1H3,(H,25,27)(H,26,28)/t22-/m0/s1. The van der Waals surface area contributed by atoms with E-state index < -0.39 is 11.4 Å². The molecule has 1 fully saturated rings. The van der Waals surface area contributed by atoms with Gasteiger partial charge in [-0.05, 0) is 37.0 Å². The molecule has 0 aromatic heterocycles. The third kappa shape index (κ3) is 5.31. The lowest BCUT2D eigenvalue weighted by atomic mass is 9.84. The van der Waals surface area contributed by atoms with Crippen LogP contribution in [0.3, 0.4) is 0 Å². The Morgan fingerprint density at radius 3 is 2.62 bits per heavy atom. The Kier molecular flexibility index (Phi) is 6.46. The first-order valence-electron chi connectivity index (χ1n) is 9.54. The molecule has 0 radical (unpaired) electrons. The number of carbonyl (C=O) groups excluding carboxylic acids is 2. The fraction of sp³-hybridized carbons (Fsp3) is 0.364. The van der Waals surface area contributed by atoms with Crippen molar-refractivity contribution in [3.05, 3.63) is 65.2 Å². The Balaban J connectivity index is 1.62. The molecule has 0 unspecified atom stereocenters. The zero-order valence-electron chi connectivity index (χ0n) is 16.3. The molecule has 7 heteroatoms. The van der Waals surface area contributed by atoms with Crippen molar-refractivity contribution < 1.29 is 23.1 Å². The van der Waals surface area contributed by atoms with Gasteiger partial charge < -0.3 is 15.4 Å². The summed E-state index contributed by atoms with van der Waals surface area (Å²) >= 11 is 0. The van der Waals surface area contributed by atoms with E-state index in [1.54, 1.807) is 30.3 Å². The summed E-state index contributed by atoms with van der Waals surface area (Å²) in [6, 6.07) is 10.9. The normalized spacial score (nSPS) is 18.4. The van der Waals surface area contributed by atoms with E-state index in [2.05, 4.69) is 10.6 Å². The molecule has 0 bridgehead atoms. The van der Waals surface area contributed by atoms with Gasteiger partial charge >= 0.3 is 0 Å². The first kappa shape index (κ1) is 20.8. The van der Waals surface area contributed by atoms with Crippen LogP contribution in [0.4, 0.5) is 8.78 Å². The van der Waals surface area contributed by atoms with Gasteiger partial charge in [0, 0.05) is 36.6 Å². The van der Waals surface area contributed by atoms with E-state index in [0.717, 1.165) is 0 Å². The van der Waals surface area contributed by atoms with Crippen LogP contribution in [0, 0.1) is 11.6 Å². The molecular formula is C22H24F2N2O3. The summed E-state index contributed by atoms with van der Waals surface area (Å²) in [4.78, 5) is 24.1. The van der Waals surface area contributed by atoms with Crippen LogP contribution in [0.2, 0.25) is 0 Å². The number of halogens is 2. The number of rotatable bonds is 8. The van der Waals surface area contributed by atoms with Crippen LogP contribution in [0.5, 0.6) is 5.75 Å². The molecule has 2 aromatic carbocycles. The molecule has 1 saturated heterocycles. The van der Waals surface area contributed by atoms with Crippen molar-refractivity contribution in [2.75, 3.05) is 7.11 Å². The molecule has 1 aliphatic rings. The number of ether oxygens (including phenoxy) is 1. The largest absolute Gasteiger partial charge is 0.497 e. The number of amides is 2. The predicted molar refractivity (Wildman–Crippen MR) is 104 cm³/mol. The van der Waals surface area contributed by atoms with Crippen LogP contribution >= 0.6 is 0 Å². The van der Waals surface area contributed by atoms with E-state index >= 15 is 0 Å². The van der Waals surface area contributed by atoms with Crippen LogP contribution in [0.25, 0.3) is 0 Å². The number of methoxy groups -OCH3 is 1. The number of nitrogens with one attached hydrogen (secondary N) is 2. The Labute approximate surface area is 168 Å². The molecule has 154 valence electrons. The van der Waals surface area contributed by atoms with Crippen LogP contribution < -0.4 is 15.4 Å². The summed E-state index contributed by atoms with van der Waals surface area (Å²) in [6.45, 7) is 0.0952. The second-order valence-electron chi connectivity index (χ2n) is 7.33. The van der Waals surface area contributed by atoms with E-state index in [-0.39, 0.29) is 37.0 Å². The van der Waals surface area contributed by atoms with Crippen molar-refractivity contribution in [3.63, 3.8) is 0 Å². The summed E-state index contributed by atoms with van der Waals surface area (Å²) in [6.07, 6.45) is 1.67. The summed E-state index contributed by atoms with van der Waals surface area (Å²) in [5, 5.41) is 5.63. The predicted octanol–water partition coefficient (Wildman–Crippen LogP) is 3.26. The molecule has 2 amide bonds. The zero-order valence-corrected chi connectivity index (χ0v) is 16.3. The number of hydrogen-bond donors (Lipinski definition) is 2. The molecule has 0 saturated carbocycles. The monoisotopic (exact) mass is 402 g/mol. The lowest BCUT2D eigenvalue weighted by Gasteiger charge is -2.29. The second-order valence-corrected chi connectivity index (χ2v) is 7.33. The van der Waals surface area contributed by atoms with Crippen molar-refractivity contribution in [2.24, 2.45) is 0 Å². The van der Waals surface area contributed by atoms with Crippen molar-refractivity contribution in [1.82, 2.24) is 10.6 Å². The van der Waals surface area contributed by atoms with Crippen molar-refractivity contribution >= 4 is 11.8 Å². The minimum atomic E-state index is -0.679. The highest BCUT2D eigenvalue weighted by atomic mass is 19.1. The van der Waals surface area contributed by atoms with E-state index in [1.807, 2.05) is 0 Å². The quantitative estimate of drug-likeness (QED) is 0.712. The maximum atomic E-state index is 14.4. The van der Waals surface area contributed by atoms with Crippen LogP contribution in [-0.4, -0.2) is 24.5 Å². The number of hydrogen-bond acceptors (Lipinski definition) is 3. The fourth-order valence-corrected chi connectivity index (χ4v) is 3.62. The Bertz CT molecular complexity index is 903. The van der Waals surface area contributed by atoms with E-state index in [9.17, 15) is 18.4 Å². The fourth-order valence-electron chi connectivity index (χ4n) is 3.62. The number of carbonyl (C=O) groups is 2. The lowest BCUT2D eigenvalue weighted by molar-refractivity contribution is -0.122. The van der Waals surface area contributed by atoms with Crippen molar-refractivity contribution in [3.8, 4) is 5.75 Å². The Morgan fingerprint density at radius 2 is 1.97 bits per heavy atom. The maximum absolute atomic E-state index is 14.4. The third-order valence-electron chi connectivity index (χ3n) is 5.29. The van der Waals surface area contributed by atoms with Crippen LogP contribution in [0.15, 0.2) is 42.5 Å². The van der Waals surface area contributed by atoms with Gasteiger partial charge in [0.2, 0.25) is 11.8 Å². The van der Waals surface area contributed by atoms with Gasteiger partial charge in [0.25, 0.3) is 0 Å². The minimum absolute atomic E-state index is 0.0952. The average molecular weight is 402 g/mol. The summed E-state index contributed by atoms with van der Waals surface area (Å²) < 4.78 is 33.1. The molecule has 29 heavy (non-hydrogen) atoms. The molecule has 5 nitrogen and oxygen atoms in total. The van der Waals surface area contributed by atoms with Gasteiger partial charge in [-0.3, -0.25) is 9.59 Å². The number of benzene rings is 2. The van der Waals surface area contributed by atoms with Crippen molar-refractivity contribution in [1.29, 1.82) is 0 Å². The lowest BCUT2D eigenvalue weighted by Crippen LogP contribution is -2.44. The molecule has 1 aliphatic heterocycles. The van der Waals surface area contributed by atoms with Crippen LogP contribution in [0.1, 0.15) is 36.8 Å². The zero-order chi connectivity index (χ0) is 20.9. The van der Waals surface area contributed by atoms with Gasteiger partial charge in [0.05, 0.1) is 7.11 Å². The summed E-state index contributed by atoms with van der Waals surface area (Å²) in [5.74, 6) is -0.714. The van der Waals surface area contributed by atoms with Gasteiger partial charge in [0.1, 0.15) is 17.4 Å². The molecule has 2 aromatic rings. The summed E-state index contributed by atoms with van der Waals surface area (Å²) in [7, 11) is 1.47. The summed E-state index contributed by atoms with van der Waals surface area (Å²) in [5.41, 5.74) is 0.187. The molecule has 2 N–H and O–H groups in total. The highest BCUT2D eigenvalue weighted by Gasteiger charge is 2.38. The minimum Gasteiger partial charge on any atom is -0.497 e. The first-order chi connectivity index (χ1) is 13.9. The Hall–Kier alpha value is -2.96. The molecular weight excluding hydrogens is 378 g/mol. The molecule has 1 heterocycles. The van der Waals surface area contributed by atoms with E-state index in [0.29, 0.717) is 36.1 Å².